The van der Waals surface area contributed by atoms with Gasteiger partial charge in [-0.3, -0.25) is 15.4 Å². The number of halogens is 1. The number of urea groups is 1. The molecule has 2 heterocycles. The summed E-state index contributed by atoms with van der Waals surface area (Å²) in [5.41, 5.74) is 3.18. The number of nitrogens with one attached hydrogen (secondary N) is 3. The molecule has 3 aromatic rings. The summed E-state index contributed by atoms with van der Waals surface area (Å²) in [5.74, 6) is 0.586. The van der Waals surface area contributed by atoms with E-state index in [4.69, 9.17) is 4.74 Å². The number of hydrogen-bond donors (Lipinski definition) is 3. The van der Waals surface area contributed by atoms with Crippen molar-refractivity contribution < 1.29 is 13.9 Å². The summed E-state index contributed by atoms with van der Waals surface area (Å²) in [6.45, 7) is 7.34. The monoisotopic (exact) mass is 476 g/mol. The van der Waals surface area contributed by atoms with Crippen LogP contribution in [-0.4, -0.2) is 40.1 Å². The second kappa shape index (κ2) is 10.9. The van der Waals surface area contributed by atoms with Crippen LogP contribution >= 0.6 is 0 Å². The third kappa shape index (κ3) is 6.11. The molecule has 4 rings (SSSR count). The van der Waals surface area contributed by atoms with Gasteiger partial charge in [0.15, 0.2) is 0 Å². The van der Waals surface area contributed by atoms with Gasteiger partial charge < -0.3 is 10.1 Å². The SMILES string of the molecule is C=N/C(C)=C\C(=C/C)c1n[nH]c2cc(NC(=O)NC3CCCC(Oc4cccc(F)c4)C3)ncc12. The highest BCUT2D eigenvalue weighted by Crippen LogP contribution is 2.26. The number of aromatic amines is 1. The number of anilines is 1. The van der Waals surface area contributed by atoms with Crippen LogP contribution in [0, 0.1) is 5.82 Å². The van der Waals surface area contributed by atoms with Crippen LogP contribution in [0.5, 0.6) is 5.75 Å². The van der Waals surface area contributed by atoms with E-state index < -0.39 is 0 Å². The Kier molecular flexibility index (Phi) is 7.54. The fraction of sp³-hybridized carbons (Fsp3) is 0.308. The highest BCUT2D eigenvalue weighted by Gasteiger charge is 2.25. The number of aliphatic imine (C=N–C) groups is 1. The average Bonchev–Trinajstić information content (AvgIpc) is 3.25. The number of ether oxygens (including phenoxy) is 1. The van der Waals surface area contributed by atoms with Gasteiger partial charge in [-0.05, 0) is 58.0 Å². The Hall–Kier alpha value is -4.01. The third-order valence-electron chi connectivity index (χ3n) is 5.95. The summed E-state index contributed by atoms with van der Waals surface area (Å²) in [7, 11) is 0. The number of fused-ring (bicyclic) bond motifs is 1. The highest BCUT2D eigenvalue weighted by atomic mass is 19.1. The standard InChI is InChI=1S/C26H29FN6O2/c1-4-17(11-16(2)28-3)25-22-15-29-24(14-23(22)32-33-25)31-26(34)30-19-8-6-10-21(13-19)35-20-9-5-7-18(27)12-20/h4-5,7,9,11-12,14-15,19,21H,3,6,8,10,13H2,1-2H3,(H,32,33)(H2,29,30,31,34)/b16-11-,17-4+. The minimum atomic E-state index is -0.335. The van der Waals surface area contributed by atoms with Crippen LogP contribution in [0.3, 0.4) is 0 Å². The summed E-state index contributed by atoms with van der Waals surface area (Å²) >= 11 is 0. The zero-order chi connectivity index (χ0) is 24.8. The molecule has 2 unspecified atom stereocenters. The van der Waals surface area contributed by atoms with Gasteiger partial charge in [0, 0.05) is 47.4 Å². The van der Waals surface area contributed by atoms with E-state index >= 15 is 0 Å². The molecule has 0 bridgehead atoms. The second-order valence-corrected chi connectivity index (χ2v) is 8.53. The van der Waals surface area contributed by atoms with E-state index in [1.165, 1.54) is 12.1 Å². The van der Waals surface area contributed by atoms with Crippen LogP contribution < -0.4 is 15.4 Å². The largest absolute Gasteiger partial charge is 0.490 e. The number of rotatable bonds is 7. The Bertz CT molecular complexity index is 1280. The zero-order valence-electron chi connectivity index (χ0n) is 19.8. The molecule has 35 heavy (non-hydrogen) atoms. The number of hydrogen-bond acceptors (Lipinski definition) is 5. The molecule has 2 amide bonds. The molecule has 0 saturated heterocycles. The molecule has 2 atom stereocenters. The van der Waals surface area contributed by atoms with E-state index in [-0.39, 0.29) is 24.0 Å². The van der Waals surface area contributed by atoms with Crippen LogP contribution in [-0.2, 0) is 0 Å². The van der Waals surface area contributed by atoms with Crippen LogP contribution in [0.4, 0.5) is 15.0 Å². The van der Waals surface area contributed by atoms with Crippen molar-refractivity contribution in [3.8, 4) is 5.75 Å². The van der Waals surface area contributed by atoms with Gasteiger partial charge in [-0.1, -0.05) is 12.1 Å². The first-order valence-electron chi connectivity index (χ1n) is 11.6. The van der Waals surface area contributed by atoms with Crippen molar-refractivity contribution in [1.29, 1.82) is 0 Å². The molecule has 2 aromatic heterocycles. The number of carbonyl (C=O) groups is 1. The lowest BCUT2D eigenvalue weighted by atomic mass is 9.93. The third-order valence-corrected chi connectivity index (χ3v) is 5.95. The Morgan fingerprint density at radius 3 is 2.97 bits per heavy atom. The average molecular weight is 477 g/mol. The van der Waals surface area contributed by atoms with Gasteiger partial charge in [0.05, 0.1) is 5.52 Å². The Balaban J connectivity index is 1.37. The van der Waals surface area contributed by atoms with Crippen LogP contribution in [0.25, 0.3) is 16.5 Å². The maximum absolute atomic E-state index is 13.4. The summed E-state index contributed by atoms with van der Waals surface area (Å²) in [5, 5.41) is 14.0. The molecule has 1 saturated carbocycles. The quantitative estimate of drug-likeness (QED) is 0.304. The van der Waals surface area contributed by atoms with E-state index in [0.29, 0.717) is 18.0 Å². The Morgan fingerprint density at radius 2 is 2.20 bits per heavy atom. The lowest BCUT2D eigenvalue weighted by Gasteiger charge is -2.30. The fourth-order valence-electron chi connectivity index (χ4n) is 4.21. The smallest absolute Gasteiger partial charge is 0.320 e. The molecule has 1 fully saturated rings. The number of nitrogens with zero attached hydrogens (tertiary/aromatic N) is 3. The second-order valence-electron chi connectivity index (χ2n) is 8.53. The maximum Gasteiger partial charge on any atom is 0.320 e. The number of aromatic nitrogens is 3. The van der Waals surface area contributed by atoms with Crippen molar-refractivity contribution in [1.82, 2.24) is 20.5 Å². The number of allylic oxidation sites excluding steroid dienone is 4. The van der Waals surface area contributed by atoms with Crippen molar-refractivity contribution in [3.05, 3.63) is 65.9 Å². The molecular weight excluding hydrogens is 447 g/mol. The molecular formula is C26H29FN6O2. The van der Waals surface area contributed by atoms with Gasteiger partial charge in [-0.15, -0.1) is 0 Å². The van der Waals surface area contributed by atoms with Crippen molar-refractivity contribution >= 4 is 35.0 Å². The highest BCUT2D eigenvalue weighted by molar-refractivity contribution is 5.95. The first kappa shape index (κ1) is 24.1. The lowest BCUT2D eigenvalue weighted by molar-refractivity contribution is 0.136. The molecule has 8 nitrogen and oxygen atoms in total. The summed E-state index contributed by atoms with van der Waals surface area (Å²) in [4.78, 5) is 20.9. The molecule has 3 N–H and O–H groups in total. The fourth-order valence-corrected chi connectivity index (χ4v) is 4.21. The summed E-state index contributed by atoms with van der Waals surface area (Å²) < 4.78 is 19.4. The molecule has 182 valence electrons. The van der Waals surface area contributed by atoms with Crippen molar-refractivity contribution in [2.75, 3.05) is 5.32 Å². The van der Waals surface area contributed by atoms with Gasteiger partial charge in [-0.25, -0.2) is 14.2 Å². The topological polar surface area (TPSA) is 104 Å². The van der Waals surface area contributed by atoms with Gasteiger partial charge in [-0.2, -0.15) is 5.10 Å². The van der Waals surface area contributed by atoms with Gasteiger partial charge >= 0.3 is 6.03 Å². The van der Waals surface area contributed by atoms with Crippen LogP contribution in [0.2, 0.25) is 0 Å². The number of pyridine rings is 1. The molecule has 9 heteroatoms. The van der Waals surface area contributed by atoms with Crippen molar-refractivity contribution in [2.45, 2.75) is 51.7 Å². The lowest BCUT2D eigenvalue weighted by Crippen LogP contribution is -2.43. The van der Waals surface area contributed by atoms with E-state index in [9.17, 15) is 9.18 Å². The normalized spacial score (nSPS) is 18.8. The first-order valence-corrected chi connectivity index (χ1v) is 11.6. The zero-order valence-corrected chi connectivity index (χ0v) is 19.8. The maximum atomic E-state index is 13.4. The molecule has 0 spiro atoms. The van der Waals surface area contributed by atoms with E-state index in [0.717, 1.165) is 47.1 Å². The van der Waals surface area contributed by atoms with Crippen LogP contribution in [0.15, 0.2) is 59.4 Å². The molecule has 1 aromatic carbocycles. The number of amides is 2. The van der Waals surface area contributed by atoms with Crippen LogP contribution in [0.1, 0.15) is 45.2 Å². The van der Waals surface area contributed by atoms with E-state index in [1.54, 1.807) is 24.4 Å². The van der Waals surface area contributed by atoms with E-state index in [1.807, 2.05) is 26.0 Å². The van der Waals surface area contributed by atoms with Gasteiger partial charge in [0.1, 0.15) is 29.2 Å². The molecule has 0 aliphatic heterocycles. The van der Waals surface area contributed by atoms with Crippen molar-refractivity contribution in [2.24, 2.45) is 4.99 Å². The molecule has 1 aliphatic rings. The number of carbonyl (C=O) groups excluding carboxylic acids is 1. The molecule has 1 aliphatic carbocycles. The number of H-pyrrole nitrogens is 1. The first-order chi connectivity index (χ1) is 16.9. The van der Waals surface area contributed by atoms with E-state index in [2.05, 4.69) is 37.5 Å². The summed E-state index contributed by atoms with van der Waals surface area (Å²) in [6.07, 6.45) is 8.73. The van der Waals surface area contributed by atoms with Gasteiger partial charge in [0.2, 0.25) is 0 Å². The minimum absolute atomic E-state index is 0.0458. The van der Waals surface area contributed by atoms with Gasteiger partial charge in [0.25, 0.3) is 0 Å². The molecule has 0 radical (unpaired) electrons. The predicted molar refractivity (Wildman–Crippen MR) is 136 cm³/mol. The summed E-state index contributed by atoms with van der Waals surface area (Å²) in [6, 6.07) is 7.49. The minimum Gasteiger partial charge on any atom is -0.490 e. The Labute approximate surface area is 203 Å². The number of benzene rings is 1. The predicted octanol–water partition coefficient (Wildman–Crippen LogP) is 5.62. The Morgan fingerprint density at radius 1 is 1.34 bits per heavy atom. The van der Waals surface area contributed by atoms with Crippen molar-refractivity contribution in [3.63, 3.8) is 0 Å².